The molecule has 1 fully saturated rings. The SMILES string of the molecule is CC(C)[C@@H](C(=O)N1CCC[C@H]1CO)N(C)C(=O)OC(C)(C)C. The first-order valence-electron chi connectivity index (χ1n) is 7.95. The lowest BCUT2D eigenvalue weighted by Gasteiger charge is -2.35. The highest BCUT2D eigenvalue weighted by Gasteiger charge is 2.38. The van der Waals surface area contributed by atoms with Crippen LogP contribution in [0.2, 0.25) is 0 Å². The molecule has 0 aromatic carbocycles. The predicted octanol–water partition coefficient (Wildman–Crippen LogP) is 1.86. The van der Waals surface area contributed by atoms with E-state index in [1.165, 1.54) is 4.90 Å². The number of rotatable bonds is 4. The Kier molecular flexibility index (Phi) is 6.23. The van der Waals surface area contributed by atoms with Crippen LogP contribution < -0.4 is 0 Å². The van der Waals surface area contributed by atoms with Crippen LogP contribution in [0.4, 0.5) is 4.79 Å². The van der Waals surface area contributed by atoms with Gasteiger partial charge < -0.3 is 14.7 Å². The molecule has 1 rings (SSSR count). The maximum atomic E-state index is 12.8. The summed E-state index contributed by atoms with van der Waals surface area (Å²) in [6.07, 6.45) is 1.19. The smallest absolute Gasteiger partial charge is 0.410 e. The molecule has 2 amide bonds. The Hall–Kier alpha value is -1.30. The van der Waals surface area contributed by atoms with Crippen LogP contribution in [-0.4, -0.2) is 64.8 Å². The lowest BCUT2D eigenvalue weighted by molar-refractivity contribution is -0.139. The highest BCUT2D eigenvalue weighted by Crippen LogP contribution is 2.23. The Balaban J connectivity index is 2.88. The standard InChI is InChI=1S/C16H30N2O4/c1-11(2)13(17(6)15(21)22-16(3,4)5)14(20)18-9-7-8-12(18)10-19/h11-13,19H,7-10H2,1-6H3/t12-,13-/m0/s1. The third kappa shape index (κ3) is 4.60. The van der Waals surface area contributed by atoms with Gasteiger partial charge in [-0.2, -0.15) is 0 Å². The maximum absolute atomic E-state index is 12.8. The molecule has 1 aliphatic rings. The topological polar surface area (TPSA) is 70.1 Å². The molecular weight excluding hydrogens is 284 g/mol. The molecule has 1 saturated heterocycles. The van der Waals surface area contributed by atoms with Crippen molar-refractivity contribution >= 4 is 12.0 Å². The number of likely N-dealkylation sites (tertiary alicyclic amines) is 1. The molecule has 1 aliphatic heterocycles. The van der Waals surface area contributed by atoms with Crippen molar-refractivity contribution in [2.45, 2.75) is 65.1 Å². The summed E-state index contributed by atoms with van der Waals surface area (Å²) >= 11 is 0. The van der Waals surface area contributed by atoms with E-state index in [2.05, 4.69) is 0 Å². The molecule has 0 radical (unpaired) electrons. The Bertz CT molecular complexity index is 403. The molecule has 6 nitrogen and oxygen atoms in total. The highest BCUT2D eigenvalue weighted by molar-refractivity contribution is 5.86. The van der Waals surface area contributed by atoms with Crippen LogP contribution in [0.1, 0.15) is 47.5 Å². The second-order valence-corrected chi connectivity index (χ2v) is 7.29. The summed E-state index contributed by atoms with van der Waals surface area (Å²) in [6.45, 7) is 9.82. The number of ether oxygens (including phenoxy) is 1. The van der Waals surface area contributed by atoms with Gasteiger partial charge in [0.1, 0.15) is 11.6 Å². The summed E-state index contributed by atoms with van der Waals surface area (Å²) in [5, 5.41) is 9.41. The third-order valence-corrected chi connectivity index (χ3v) is 3.85. The van der Waals surface area contributed by atoms with Crippen LogP contribution in [0.25, 0.3) is 0 Å². The molecule has 0 bridgehead atoms. The van der Waals surface area contributed by atoms with Gasteiger partial charge in [0, 0.05) is 13.6 Å². The molecule has 2 atom stereocenters. The van der Waals surface area contributed by atoms with Crippen molar-refractivity contribution < 1.29 is 19.4 Å². The van der Waals surface area contributed by atoms with E-state index in [0.29, 0.717) is 6.54 Å². The average molecular weight is 314 g/mol. The average Bonchev–Trinajstić information content (AvgIpc) is 2.84. The molecule has 0 spiro atoms. The van der Waals surface area contributed by atoms with E-state index in [1.807, 2.05) is 13.8 Å². The molecular formula is C16H30N2O4. The Morgan fingerprint density at radius 1 is 1.36 bits per heavy atom. The summed E-state index contributed by atoms with van der Waals surface area (Å²) in [4.78, 5) is 28.2. The van der Waals surface area contributed by atoms with E-state index in [0.717, 1.165) is 12.8 Å². The fraction of sp³-hybridized carbons (Fsp3) is 0.875. The predicted molar refractivity (Wildman–Crippen MR) is 84.4 cm³/mol. The van der Waals surface area contributed by atoms with E-state index in [4.69, 9.17) is 4.74 Å². The van der Waals surface area contributed by atoms with Crippen molar-refractivity contribution in [1.29, 1.82) is 0 Å². The number of hydrogen-bond acceptors (Lipinski definition) is 4. The second-order valence-electron chi connectivity index (χ2n) is 7.29. The molecule has 0 unspecified atom stereocenters. The van der Waals surface area contributed by atoms with Crippen molar-refractivity contribution in [3.05, 3.63) is 0 Å². The number of amides is 2. The number of likely N-dealkylation sites (N-methyl/N-ethyl adjacent to an activating group) is 1. The quantitative estimate of drug-likeness (QED) is 0.860. The Labute approximate surface area is 133 Å². The van der Waals surface area contributed by atoms with E-state index in [1.54, 1.807) is 32.7 Å². The number of carbonyl (C=O) groups is 2. The monoisotopic (exact) mass is 314 g/mol. The minimum atomic E-state index is -0.600. The maximum Gasteiger partial charge on any atom is 0.410 e. The number of hydrogen-bond donors (Lipinski definition) is 1. The van der Waals surface area contributed by atoms with Gasteiger partial charge in [-0.25, -0.2) is 4.79 Å². The molecule has 22 heavy (non-hydrogen) atoms. The first-order chi connectivity index (χ1) is 10.1. The van der Waals surface area contributed by atoms with Gasteiger partial charge >= 0.3 is 6.09 Å². The molecule has 6 heteroatoms. The van der Waals surface area contributed by atoms with E-state index in [-0.39, 0.29) is 24.5 Å². The van der Waals surface area contributed by atoms with Crippen LogP contribution >= 0.6 is 0 Å². The molecule has 0 aromatic heterocycles. The van der Waals surface area contributed by atoms with Crippen LogP contribution in [-0.2, 0) is 9.53 Å². The van der Waals surface area contributed by atoms with Gasteiger partial charge in [0.25, 0.3) is 0 Å². The zero-order chi connectivity index (χ0) is 17.1. The molecule has 1 N–H and O–H groups in total. The fourth-order valence-corrected chi connectivity index (χ4v) is 2.83. The largest absolute Gasteiger partial charge is 0.444 e. The summed E-state index contributed by atoms with van der Waals surface area (Å²) in [5.41, 5.74) is -0.600. The third-order valence-electron chi connectivity index (χ3n) is 3.85. The molecule has 128 valence electrons. The number of aliphatic hydroxyl groups is 1. The molecule has 1 heterocycles. The number of nitrogens with zero attached hydrogens (tertiary/aromatic N) is 2. The summed E-state index contributed by atoms with van der Waals surface area (Å²) < 4.78 is 5.36. The van der Waals surface area contributed by atoms with Crippen LogP contribution in [0.15, 0.2) is 0 Å². The van der Waals surface area contributed by atoms with Crippen molar-refractivity contribution in [2.24, 2.45) is 5.92 Å². The van der Waals surface area contributed by atoms with Gasteiger partial charge in [0.2, 0.25) is 5.91 Å². The van der Waals surface area contributed by atoms with Gasteiger partial charge in [-0.05, 0) is 39.5 Å². The summed E-state index contributed by atoms with van der Waals surface area (Å²) in [5.74, 6) is -0.148. The Morgan fingerprint density at radius 3 is 2.41 bits per heavy atom. The molecule has 0 aromatic rings. The number of aliphatic hydroxyl groups excluding tert-OH is 1. The van der Waals surface area contributed by atoms with Gasteiger partial charge in [0.15, 0.2) is 0 Å². The lowest BCUT2D eigenvalue weighted by atomic mass is 10.0. The zero-order valence-corrected chi connectivity index (χ0v) is 14.6. The van der Waals surface area contributed by atoms with Crippen LogP contribution in [0.5, 0.6) is 0 Å². The van der Waals surface area contributed by atoms with Gasteiger partial charge in [0.05, 0.1) is 12.6 Å². The van der Waals surface area contributed by atoms with Gasteiger partial charge in [-0.3, -0.25) is 9.69 Å². The van der Waals surface area contributed by atoms with E-state index >= 15 is 0 Å². The van der Waals surface area contributed by atoms with E-state index in [9.17, 15) is 14.7 Å². The molecule has 0 aliphatic carbocycles. The Morgan fingerprint density at radius 2 is 1.95 bits per heavy atom. The lowest BCUT2D eigenvalue weighted by Crippen LogP contribution is -2.54. The van der Waals surface area contributed by atoms with Crippen LogP contribution in [0, 0.1) is 5.92 Å². The van der Waals surface area contributed by atoms with E-state index < -0.39 is 17.7 Å². The van der Waals surface area contributed by atoms with Crippen molar-refractivity contribution in [3.63, 3.8) is 0 Å². The van der Waals surface area contributed by atoms with Gasteiger partial charge in [-0.15, -0.1) is 0 Å². The van der Waals surface area contributed by atoms with Gasteiger partial charge in [-0.1, -0.05) is 13.8 Å². The first-order valence-corrected chi connectivity index (χ1v) is 7.95. The van der Waals surface area contributed by atoms with Crippen molar-refractivity contribution in [3.8, 4) is 0 Å². The van der Waals surface area contributed by atoms with Crippen LogP contribution in [0.3, 0.4) is 0 Å². The summed E-state index contributed by atoms with van der Waals surface area (Å²) in [7, 11) is 1.60. The zero-order valence-electron chi connectivity index (χ0n) is 14.6. The number of carbonyl (C=O) groups excluding carboxylic acids is 2. The van der Waals surface area contributed by atoms with Crippen molar-refractivity contribution in [2.75, 3.05) is 20.2 Å². The first kappa shape index (κ1) is 18.7. The fourth-order valence-electron chi connectivity index (χ4n) is 2.83. The normalized spacial score (nSPS) is 20.2. The molecule has 0 saturated carbocycles. The minimum absolute atomic E-state index is 0.0350. The highest BCUT2D eigenvalue weighted by atomic mass is 16.6. The summed E-state index contributed by atoms with van der Waals surface area (Å²) in [6, 6.07) is -0.720. The second kappa shape index (κ2) is 7.31. The minimum Gasteiger partial charge on any atom is -0.444 e. The van der Waals surface area contributed by atoms with Crippen molar-refractivity contribution in [1.82, 2.24) is 9.80 Å².